The Kier molecular flexibility index (Phi) is 8.15. The van der Waals surface area contributed by atoms with Crippen LogP contribution in [0.3, 0.4) is 0 Å². The van der Waals surface area contributed by atoms with Crippen LogP contribution in [-0.4, -0.2) is 75.6 Å². The van der Waals surface area contributed by atoms with Crippen LogP contribution in [-0.2, 0) is 9.59 Å². The van der Waals surface area contributed by atoms with Gasteiger partial charge in [0.15, 0.2) is 5.82 Å². The Labute approximate surface area is 204 Å². The van der Waals surface area contributed by atoms with E-state index in [1.807, 2.05) is 5.32 Å². The third-order valence-corrected chi connectivity index (χ3v) is 5.60. The van der Waals surface area contributed by atoms with E-state index in [9.17, 15) is 22.8 Å². The summed E-state index contributed by atoms with van der Waals surface area (Å²) in [4.78, 5) is 43.7. The zero-order valence-electron chi connectivity index (χ0n) is 19.4. The lowest BCUT2D eigenvalue weighted by molar-refractivity contribution is -0.139. The van der Waals surface area contributed by atoms with Crippen LogP contribution in [0, 0.1) is 0 Å². The van der Waals surface area contributed by atoms with Gasteiger partial charge in [0.2, 0.25) is 11.8 Å². The molecule has 0 fully saturated rings. The van der Waals surface area contributed by atoms with Crippen LogP contribution in [0.15, 0.2) is 30.7 Å². The largest absolute Gasteiger partial charge is 0.405 e. The number of pyridine rings is 1. The summed E-state index contributed by atoms with van der Waals surface area (Å²) >= 11 is 6.08. The average molecular weight is 512 g/mol. The van der Waals surface area contributed by atoms with Gasteiger partial charge in [-0.1, -0.05) is 18.5 Å². The van der Waals surface area contributed by atoms with Gasteiger partial charge in [-0.05, 0) is 19.1 Å². The van der Waals surface area contributed by atoms with Crippen LogP contribution < -0.4 is 10.2 Å². The Balaban J connectivity index is 1.93. The van der Waals surface area contributed by atoms with Crippen molar-refractivity contribution in [3.63, 3.8) is 0 Å². The van der Waals surface area contributed by atoms with Crippen LogP contribution >= 0.6 is 11.6 Å². The molecular formula is C22H25ClF3N7O2. The second-order valence-electron chi connectivity index (χ2n) is 7.86. The van der Waals surface area contributed by atoms with Gasteiger partial charge in [0, 0.05) is 56.1 Å². The number of H-pyrrole nitrogens is 1. The van der Waals surface area contributed by atoms with Gasteiger partial charge in [0.1, 0.15) is 24.1 Å². The normalized spacial score (nSPS) is 12.4. The second-order valence-corrected chi connectivity index (χ2v) is 8.30. The van der Waals surface area contributed by atoms with Crippen molar-refractivity contribution in [1.29, 1.82) is 0 Å². The Hall–Kier alpha value is -3.41. The fourth-order valence-corrected chi connectivity index (χ4v) is 3.60. The number of likely N-dealkylation sites (N-methyl/N-ethyl adjacent to an activating group) is 1. The van der Waals surface area contributed by atoms with Crippen molar-refractivity contribution < 1.29 is 22.8 Å². The molecule has 0 saturated heterocycles. The molecule has 0 aliphatic rings. The number of carbonyl (C=O) groups excluding carboxylic acids is 2. The summed E-state index contributed by atoms with van der Waals surface area (Å²) < 4.78 is 37.9. The summed E-state index contributed by atoms with van der Waals surface area (Å²) in [5.74, 6) is -0.309. The topological polar surface area (TPSA) is 107 Å². The lowest BCUT2D eigenvalue weighted by Crippen LogP contribution is -2.50. The van der Waals surface area contributed by atoms with Crippen LogP contribution in [0.4, 0.5) is 19.0 Å². The number of carbonyl (C=O) groups is 2. The van der Waals surface area contributed by atoms with Crippen molar-refractivity contribution >= 4 is 40.3 Å². The highest BCUT2D eigenvalue weighted by atomic mass is 35.5. The maximum atomic E-state index is 12.6. The first kappa shape index (κ1) is 26.2. The highest BCUT2D eigenvalue weighted by Gasteiger charge is 2.31. The van der Waals surface area contributed by atoms with E-state index < -0.39 is 24.7 Å². The quantitative estimate of drug-likeness (QED) is 0.456. The molecule has 13 heteroatoms. The Morgan fingerprint density at radius 2 is 2.00 bits per heavy atom. The van der Waals surface area contributed by atoms with Crippen LogP contribution in [0.1, 0.15) is 20.3 Å². The van der Waals surface area contributed by atoms with Crippen molar-refractivity contribution in [3.05, 3.63) is 35.7 Å². The van der Waals surface area contributed by atoms with Gasteiger partial charge in [-0.2, -0.15) is 13.2 Å². The molecule has 9 nitrogen and oxygen atoms in total. The highest BCUT2D eigenvalue weighted by molar-refractivity contribution is 6.31. The molecule has 0 aromatic carbocycles. The van der Waals surface area contributed by atoms with Gasteiger partial charge >= 0.3 is 6.18 Å². The third-order valence-electron chi connectivity index (χ3n) is 5.39. The van der Waals surface area contributed by atoms with Gasteiger partial charge in [0.25, 0.3) is 0 Å². The molecule has 0 aliphatic heterocycles. The summed E-state index contributed by atoms with van der Waals surface area (Å²) in [6.45, 7) is 2.14. The van der Waals surface area contributed by atoms with Crippen molar-refractivity contribution in [2.75, 3.05) is 31.6 Å². The Morgan fingerprint density at radius 1 is 1.26 bits per heavy atom. The molecule has 0 unspecified atom stereocenters. The zero-order chi connectivity index (χ0) is 25.8. The minimum atomic E-state index is -4.54. The number of aromatic amines is 1. The van der Waals surface area contributed by atoms with Crippen molar-refractivity contribution in [2.45, 2.75) is 32.5 Å². The van der Waals surface area contributed by atoms with E-state index in [0.717, 1.165) is 0 Å². The van der Waals surface area contributed by atoms with Crippen molar-refractivity contribution in [2.24, 2.45) is 0 Å². The number of hydrogen-bond acceptors (Lipinski definition) is 6. The molecule has 2 N–H and O–H groups in total. The number of anilines is 1. The fraction of sp³-hybridized carbons (Fsp3) is 0.409. The van der Waals surface area contributed by atoms with Gasteiger partial charge < -0.3 is 20.1 Å². The predicted octanol–water partition coefficient (Wildman–Crippen LogP) is 3.42. The van der Waals surface area contributed by atoms with Crippen LogP contribution in [0.2, 0.25) is 5.02 Å². The van der Waals surface area contributed by atoms with Crippen molar-refractivity contribution in [1.82, 2.24) is 30.2 Å². The first-order valence-corrected chi connectivity index (χ1v) is 11.2. The van der Waals surface area contributed by atoms with Gasteiger partial charge in [-0.25, -0.2) is 15.0 Å². The lowest BCUT2D eigenvalue weighted by Gasteiger charge is -2.31. The van der Waals surface area contributed by atoms with Crippen molar-refractivity contribution in [3.8, 4) is 11.4 Å². The summed E-state index contributed by atoms with van der Waals surface area (Å²) in [5.41, 5.74) is 1.19. The molecule has 2 amide bonds. The standard InChI is InChI=1S/C22H25ClF3N7O2/c1-4-18(34)32(3)7-8-33(13(2)21(35)30-12-22(24,25)26)17-5-6-27-20(31-17)16-11-29-19-15(16)9-14(23)10-28-19/h5-6,9-11,13H,4,7-8,12H2,1-3H3,(H,28,29)(H,30,35)/t13-/m0/s1. The number of nitrogens with one attached hydrogen (secondary N) is 2. The van der Waals surface area contributed by atoms with E-state index in [2.05, 4.69) is 19.9 Å². The molecule has 0 saturated carbocycles. The van der Waals surface area contributed by atoms with E-state index in [-0.39, 0.29) is 19.0 Å². The lowest BCUT2D eigenvalue weighted by atomic mass is 10.2. The number of aromatic nitrogens is 4. The summed E-state index contributed by atoms with van der Waals surface area (Å²) in [7, 11) is 1.62. The molecule has 3 heterocycles. The number of amides is 2. The number of nitrogens with zero attached hydrogens (tertiary/aromatic N) is 5. The third kappa shape index (κ3) is 6.59. The maximum Gasteiger partial charge on any atom is 0.405 e. The second kappa shape index (κ2) is 10.9. The molecule has 3 aromatic rings. The number of hydrogen-bond donors (Lipinski definition) is 2. The van der Waals surface area contributed by atoms with E-state index in [4.69, 9.17) is 11.6 Å². The highest BCUT2D eigenvalue weighted by Crippen LogP contribution is 2.28. The summed E-state index contributed by atoms with van der Waals surface area (Å²) in [6, 6.07) is 2.25. The summed E-state index contributed by atoms with van der Waals surface area (Å²) in [6.07, 6.45) is 0.416. The molecule has 3 aromatic heterocycles. The van der Waals surface area contributed by atoms with Gasteiger partial charge in [-0.15, -0.1) is 0 Å². The van der Waals surface area contributed by atoms with E-state index in [1.165, 1.54) is 29.1 Å². The van der Waals surface area contributed by atoms with Gasteiger partial charge in [0.05, 0.1) is 5.02 Å². The molecule has 1 atom stereocenters. The molecule has 188 valence electrons. The van der Waals surface area contributed by atoms with E-state index in [0.29, 0.717) is 39.7 Å². The number of halogens is 4. The number of alkyl halides is 3. The minimum absolute atomic E-state index is 0.106. The predicted molar refractivity (Wildman–Crippen MR) is 126 cm³/mol. The molecular weight excluding hydrogens is 487 g/mol. The first-order chi connectivity index (χ1) is 16.5. The SMILES string of the molecule is CCC(=O)N(C)CCN(c1ccnc(-c2c[nH]c3ncc(Cl)cc23)n1)[C@@H](C)C(=O)NCC(F)(F)F. The molecule has 0 spiro atoms. The first-order valence-electron chi connectivity index (χ1n) is 10.8. The molecule has 0 aliphatic carbocycles. The molecule has 0 radical (unpaired) electrons. The van der Waals surface area contributed by atoms with Crippen LogP contribution in [0.5, 0.6) is 0 Å². The summed E-state index contributed by atoms with van der Waals surface area (Å²) in [5, 5.41) is 3.02. The average Bonchev–Trinajstić information content (AvgIpc) is 3.24. The molecule has 35 heavy (non-hydrogen) atoms. The van der Waals surface area contributed by atoms with E-state index >= 15 is 0 Å². The molecule has 3 rings (SSSR count). The van der Waals surface area contributed by atoms with Crippen LogP contribution in [0.25, 0.3) is 22.4 Å². The smallest absolute Gasteiger partial charge is 0.345 e. The minimum Gasteiger partial charge on any atom is -0.345 e. The maximum absolute atomic E-state index is 12.6. The monoisotopic (exact) mass is 511 g/mol. The fourth-order valence-electron chi connectivity index (χ4n) is 3.44. The number of fused-ring (bicyclic) bond motifs is 1. The Morgan fingerprint density at radius 3 is 2.69 bits per heavy atom. The number of rotatable bonds is 9. The van der Waals surface area contributed by atoms with Gasteiger partial charge in [-0.3, -0.25) is 9.59 Å². The van der Waals surface area contributed by atoms with E-state index in [1.54, 1.807) is 32.3 Å². The Bertz CT molecular complexity index is 1200. The zero-order valence-corrected chi connectivity index (χ0v) is 20.1. The molecule has 0 bridgehead atoms.